The van der Waals surface area contributed by atoms with Gasteiger partial charge in [0.2, 0.25) is 0 Å². The molecule has 0 bridgehead atoms. The lowest BCUT2D eigenvalue weighted by atomic mass is 10.1. The number of carbonyl (C=O) groups is 1. The Bertz CT molecular complexity index is 535. The van der Waals surface area contributed by atoms with Crippen molar-refractivity contribution >= 4 is 27.5 Å². The van der Waals surface area contributed by atoms with Gasteiger partial charge in [0.05, 0.1) is 16.6 Å². The molecule has 1 aliphatic heterocycles. The molecule has 0 radical (unpaired) electrons. The number of amides is 1. The van der Waals surface area contributed by atoms with E-state index in [9.17, 15) is 14.9 Å². The van der Waals surface area contributed by atoms with E-state index >= 15 is 0 Å². The lowest BCUT2D eigenvalue weighted by molar-refractivity contribution is -0.384. The van der Waals surface area contributed by atoms with Crippen LogP contribution < -0.4 is 0 Å². The van der Waals surface area contributed by atoms with Crippen molar-refractivity contribution in [2.24, 2.45) is 0 Å². The SMILES string of the molecule is CC1CN(C(=O)c2cc([N+](=O)[O-])ccc2Br)CCCO1. The molecule has 0 aliphatic carbocycles. The molecule has 1 fully saturated rings. The summed E-state index contributed by atoms with van der Waals surface area (Å²) in [5.74, 6) is -0.210. The van der Waals surface area contributed by atoms with E-state index in [0.717, 1.165) is 6.42 Å². The van der Waals surface area contributed by atoms with Crippen LogP contribution in [0.15, 0.2) is 22.7 Å². The van der Waals surface area contributed by atoms with Crippen LogP contribution in [0.2, 0.25) is 0 Å². The summed E-state index contributed by atoms with van der Waals surface area (Å²) in [7, 11) is 0. The van der Waals surface area contributed by atoms with Crippen molar-refractivity contribution < 1.29 is 14.5 Å². The van der Waals surface area contributed by atoms with Gasteiger partial charge in [-0.1, -0.05) is 0 Å². The second-order valence-corrected chi connectivity index (χ2v) is 5.56. The lowest BCUT2D eigenvalue weighted by Crippen LogP contribution is -2.36. The molecule has 0 spiro atoms. The Balaban J connectivity index is 2.27. The number of nitro groups is 1. The average Bonchev–Trinajstić information content (AvgIpc) is 2.63. The molecule has 20 heavy (non-hydrogen) atoms. The van der Waals surface area contributed by atoms with E-state index in [1.54, 1.807) is 4.90 Å². The van der Waals surface area contributed by atoms with Crippen molar-refractivity contribution in [1.82, 2.24) is 4.90 Å². The number of nitrogens with zero attached hydrogens (tertiary/aromatic N) is 2. The summed E-state index contributed by atoms with van der Waals surface area (Å²) in [4.78, 5) is 24.5. The van der Waals surface area contributed by atoms with Gasteiger partial charge in [-0.05, 0) is 35.3 Å². The van der Waals surface area contributed by atoms with Crippen molar-refractivity contribution in [3.05, 3.63) is 38.3 Å². The number of halogens is 1. The van der Waals surface area contributed by atoms with E-state index in [-0.39, 0.29) is 17.7 Å². The molecule has 108 valence electrons. The molecule has 0 aromatic heterocycles. The van der Waals surface area contributed by atoms with Crippen molar-refractivity contribution in [3.63, 3.8) is 0 Å². The zero-order valence-corrected chi connectivity index (χ0v) is 12.6. The van der Waals surface area contributed by atoms with E-state index in [1.165, 1.54) is 18.2 Å². The lowest BCUT2D eigenvalue weighted by Gasteiger charge is -2.22. The Hall–Kier alpha value is -1.47. The average molecular weight is 343 g/mol. The summed E-state index contributed by atoms with van der Waals surface area (Å²) in [6.45, 7) is 3.63. The van der Waals surface area contributed by atoms with Crippen LogP contribution in [0.1, 0.15) is 23.7 Å². The van der Waals surface area contributed by atoms with Gasteiger partial charge in [-0.2, -0.15) is 0 Å². The third kappa shape index (κ3) is 3.34. The number of benzene rings is 1. The number of hydrogen-bond donors (Lipinski definition) is 0. The molecule has 1 unspecified atom stereocenters. The summed E-state index contributed by atoms with van der Waals surface area (Å²) in [6, 6.07) is 4.21. The molecule has 1 heterocycles. The number of rotatable bonds is 2. The molecule has 1 aromatic rings. The van der Waals surface area contributed by atoms with Crippen LogP contribution in [0.3, 0.4) is 0 Å². The number of non-ortho nitro benzene ring substituents is 1. The van der Waals surface area contributed by atoms with Gasteiger partial charge in [-0.15, -0.1) is 0 Å². The topological polar surface area (TPSA) is 72.7 Å². The number of ether oxygens (including phenoxy) is 1. The first-order valence-electron chi connectivity index (χ1n) is 6.34. The molecule has 0 N–H and O–H groups in total. The van der Waals surface area contributed by atoms with Gasteiger partial charge in [-0.25, -0.2) is 0 Å². The molecule has 0 saturated carbocycles. The zero-order chi connectivity index (χ0) is 14.7. The minimum atomic E-state index is -0.503. The smallest absolute Gasteiger partial charge is 0.270 e. The van der Waals surface area contributed by atoms with Crippen LogP contribution in [-0.2, 0) is 4.74 Å². The fraction of sp³-hybridized carbons (Fsp3) is 0.462. The Labute approximate surface area is 125 Å². The van der Waals surface area contributed by atoms with Crippen molar-refractivity contribution in [3.8, 4) is 0 Å². The van der Waals surface area contributed by atoms with Crippen LogP contribution >= 0.6 is 15.9 Å². The minimum absolute atomic E-state index is 0.0288. The molecule has 1 saturated heterocycles. The summed E-state index contributed by atoms with van der Waals surface area (Å²) in [5.41, 5.74) is 0.226. The van der Waals surface area contributed by atoms with Gasteiger partial charge in [0.1, 0.15) is 0 Å². The molecule has 1 aliphatic rings. The highest BCUT2D eigenvalue weighted by Crippen LogP contribution is 2.24. The number of hydrogen-bond acceptors (Lipinski definition) is 4. The summed E-state index contributed by atoms with van der Waals surface area (Å²) >= 11 is 3.28. The van der Waals surface area contributed by atoms with E-state index in [4.69, 9.17) is 4.74 Å². The zero-order valence-electron chi connectivity index (χ0n) is 11.0. The summed E-state index contributed by atoms with van der Waals surface area (Å²) in [5, 5.41) is 10.8. The Kier molecular flexibility index (Phi) is 4.72. The van der Waals surface area contributed by atoms with Gasteiger partial charge >= 0.3 is 0 Å². The van der Waals surface area contributed by atoms with Crippen LogP contribution in [-0.4, -0.2) is 41.5 Å². The van der Waals surface area contributed by atoms with Gasteiger partial charge in [-0.3, -0.25) is 14.9 Å². The van der Waals surface area contributed by atoms with Crippen LogP contribution in [0.5, 0.6) is 0 Å². The molecular formula is C13H15BrN2O4. The highest BCUT2D eigenvalue weighted by atomic mass is 79.9. The van der Waals surface area contributed by atoms with E-state index < -0.39 is 4.92 Å². The predicted octanol–water partition coefficient (Wildman–Crippen LogP) is 2.61. The van der Waals surface area contributed by atoms with Crippen molar-refractivity contribution in [2.45, 2.75) is 19.4 Å². The second kappa shape index (κ2) is 6.32. The Morgan fingerprint density at radius 1 is 1.55 bits per heavy atom. The normalized spacial score (nSPS) is 19.5. The maximum atomic E-state index is 12.5. The maximum Gasteiger partial charge on any atom is 0.270 e. The Morgan fingerprint density at radius 2 is 2.30 bits per heavy atom. The molecule has 1 atom stereocenters. The predicted molar refractivity (Wildman–Crippen MR) is 76.7 cm³/mol. The van der Waals surface area contributed by atoms with Gasteiger partial charge < -0.3 is 9.64 Å². The van der Waals surface area contributed by atoms with Crippen LogP contribution in [0.4, 0.5) is 5.69 Å². The van der Waals surface area contributed by atoms with E-state index in [1.807, 2.05) is 6.92 Å². The third-order valence-electron chi connectivity index (χ3n) is 3.13. The maximum absolute atomic E-state index is 12.5. The van der Waals surface area contributed by atoms with Gasteiger partial charge in [0.15, 0.2) is 0 Å². The van der Waals surface area contributed by atoms with E-state index in [2.05, 4.69) is 15.9 Å². The summed E-state index contributed by atoms with van der Waals surface area (Å²) < 4.78 is 6.06. The molecule has 7 heteroatoms. The number of nitro benzene ring substituents is 1. The highest BCUT2D eigenvalue weighted by molar-refractivity contribution is 9.10. The first-order valence-corrected chi connectivity index (χ1v) is 7.13. The quantitative estimate of drug-likeness (QED) is 0.611. The van der Waals surface area contributed by atoms with Gasteiger partial charge in [0, 0.05) is 36.3 Å². The fourth-order valence-corrected chi connectivity index (χ4v) is 2.56. The molecule has 1 amide bonds. The molecule has 6 nitrogen and oxygen atoms in total. The Morgan fingerprint density at radius 3 is 3.00 bits per heavy atom. The van der Waals surface area contributed by atoms with Crippen molar-refractivity contribution in [2.75, 3.05) is 19.7 Å². The second-order valence-electron chi connectivity index (χ2n) is 4.71. The van der Waals surface area contributed by atoms with Crippen molar-refractivity contribution in [1.29, 1.82) is 0 Å². The first-order chi connectivity index (χ1) is 9.49. The molecular weight excluding hydrogens is 328 g/mol. The molecule has 1 aromatic carbocycles. The third-order valence-corrected chi connectivity index (χ3v) is 3.82. The standard InChI is InChI=1S/C13H15BrN2O4/c1-9-8-15(5-2-6-20-9)13(17)11-7-10(16(18)19)3-4-12(11)14/h3-4,7,9H,2,5-6,8H2,1H3. The first kappa shape index (κ1) is 14.9. The highest BCUT2D eigenvalue weighted by Gasteiger charge is 2.24. The minimum Gasteiger partial charge on any atom is -0.377 e. The van der Waals surface area contributed by atoms with Crippen LogP contribution in [0, 0.1) is 10.1 Å². The van der Waals surface area contributed by atoms with Crippen LogP contribution in [0.25, 0.3) is 0 Å². The van der Waals surface area contributed by atoms with E-state index in [0.29, 0.717) is 29.7 Å². The fourth-order valence-electron chi connectivity index (χ4n) is 2.14. The monoisotopic (exact) mass is 342 g/mol. The molecule has 2 rings (SSSR count). The van der Waals surface area contributed by atoms with Gasteiger partial charge in [0.25, 0.3) is 11.6 Å². The summed E-state index contributed by atoms with van der Waals surface area (Å²) in [6.07, 6.45) is 0.738. The number of carbonyl (C=O) groups excluding carboxylic acids is 1. The largest absolute Gasteiger partial charge is 0.377 e.